The normalized spacial score (nSPS) is 14.4. The fourth-order valence-electron chi connectivity index (χ4n) is 3.88. The van der Waals surface area contributed by atoms with Gasteiger partial charge in [-0.05, 0) is 60.4 Å². The Morgan fingerprint density at radius 2 is 1.91 bits per heavy atom. The Bertz CT molecular complexity index is 1410. The second kappa shape index (κ2) is 9.61. The molecule has 0 fully saturated rings. The predicted octanol–water partition coefficient (Wildman–Crippen LogP) is 5.38. The number of nitrogens with zero attached hydrogens (tertiary/aromatic N) is 1. The van der Waals surface area contributed by atoms with E-state index < -0.39 is 18.1 Å². The minimum atomic E-state index is -1.13. The molecule has 5 rings (SSSR count). The topological polar surface area (TPSA) is 113 Å². The molecule has 1 aromatic heterocycles. The van der Waals surface area contributed by atoms with Crippen molar-refractivity contribution < 1.29 is 24.5 Å². The van der Waals surface area contributed by atoms with Crippen molar-refractivity contribution in [2.24, 2.45) is 0 Å². The standard InChI is InChI=1S/C25H22ClN3O5S/c1-13(30)23(25(31)32)27-15-6-7-17-21(12-15)35-29-24(17)28-18-4-2-3-16(22(18)26)14-5-8-19-20(11-14)34-10-9-33-19/h2-8,11-13,23,27,30H,9-10H2,1H3,(H,28,29)(H,31,32). The van der Waals surface area contributed by atoms with Crippen molar-refractivity contribution in [3.63, 3.8) is 0 Å². The van der Waals surface area contributed by atoms with Gasteiger partial charge in [-0.25, -0.2) is 4.79 Å². The fraction of sp³-hybridized carbons (Fsp3) is 0.200. The summed E-state index contributed by atoms with van der Waals surface area (Å²) < 4.78 is 16.7. The molecule has 3 aromatic carbocycles. The highest BCUT2D eigenvalue weighted by atomic mass is 35.5. The third-order valence-electron chi connectivity index (χ3n) is 5.65. The quantitative estimate of drug-likeness (QED) is 0.262. The first-order valence-electron chi connectivity index (χ1n) is 10.9. The average molecular weight is 512 g/mol. The third kappa shape index (κ3) is 4.70. The van der Waals surface area contributed by atoms with Crippen LogP contribution < -0.4 is 20.1 Å². The zero-order chi connectivity index (χ0) is 24.5. The van der Waals surface area contributed by atoms with Gasteiger partial charge in [-0.2, -0.15) is 4.37 Å². The molecule has 10 heteroatoms. The van der Waals surface area contributed by atoms with Crippen LogP contribution in [0.15, 0.2) is 54.6 Å². The summed E-state index contributed by atoms with van der Waals surface area (Å²) in [5, 5.41) is 26.6. The number of carbonyl (C=O) groups is 1. The van der Waals surface area contributed by atoms with Gasteiger partial charge in [0.25, 0.3) is 0 Å². The maximum Gasteiger partial charge on any atom is 0.328 e. The largest absolute Gasteiger partial charge is 0.486 e. The predicted molar refractivity (Wildman–Crippen MR) is 138 cm³/mol. The number of aromatic nitrogens is 1. The molecule has 2 unspecified atom stereocenters. The summed E-state index contributed by atoms with van der Waals surface area (Å²) in [5.74, 6) is 0.928. The molecule has 4 aromatic rings. The van der Waals surface area contributed by atoms with Crippen molar-refractivity contribution >= 4 is 56.4 Å². The number of carboxylic acids is 1. The summed E-state index contributed by atoms with van der Waals surface area (Å²) in [6.07, 6.45) is -1.05. The van der Waals surface area contributed by atoms with Crippen LogP contribution >= 0.6 is 23.1 Å². The van der Waals surface area contributed by atoms with Crippen LogP contribution in [0.5, 0.6) is 11.5 Å². The number of aliphatic hydroxyl groups is 1. The van der Waals surface area contributed by atoms with Crippen molar-refractivity contribution in [2.45, 2.75) is 19.1 Å². The van der Waals surface area contributed by atoms with E-state index in [2.05, 4.69) is 15.0 Å². The number of benzene rings is 3. The van der Waals surface area contributed by atoms with E-state index in [4.69, 9.17) is 21.1 Å². The van der Waals surface area contributed by atoms with Gasteiger partial charge in [0, 0.05) is 16.6 Å². The van der Waals surface area contributed by atoms with Crippen molar-refractivity contribution in [1.29, 1.82) is 0 Å². The SMILES string of the molecule is CC(O)C(Nc1ccc2c(Nc3cccc(-c4ccc5c(c4)OCCO5)c3Cl)nsc2c1)C(=O)O. The van der Waals surface area contributed by atoms with E-state index in [0.717, 1.165) is 27.0 Å². The number of hydrogen-bond donors (Lipinski definition) is 4. The Hall–Kier alpha value is -3.53. The van der Waals surface area contributed by atoms with Crippen LogP contribution in [0.4, 0.5) is 17.2 Å². The van der Waals surface area contributed by atoms with E-state index in [0.29, 0.717) is 41.2 Å². The third-order valence-corrected chi connectivity index (χ3v) is 6.86. The minimum Gasteiger partial charge on any atom is -0.486 e. The van der Waals surface area contributed by atoms with E-state index in [-0.39, 0.29) is 0 Å². The molecule has 0 bridgehead atoms. The summed E-state index contributed by atoms with van der Waals surface area (Å²) in [5.41, 5.74) is 3.04. The molecular formula is C25H22ClN3O5S. The molecule has 0 saturated heterocycles. The van der Waals surface area contributed by atoms with Crippen LogP contribution in [-0.2, 0) is 4.79 Å². The van der Waals surface area contributed by atoms with Crippen molar-refractivity contribution in [3.8, 4) is 22.6 Å². The number of halogens is 1. The highest BCUT2D eigenvalue weighted by Gasteiger charge is 2.23. The van der Waals surface area contributed by atoms with Crippen molar-refractivity contribution in [2.75, 3.05) is 23.8 Å². The maximum atomic E-state index is 11.4. The molecule has 0 saturated carbocycles. The molecular weight excluding hydrogens is 490 g/mol. The highest BCUT2D eigenvalue weighted by molar-refractivity contribution is 7.13. The maximum absolute atomic E-state index is 11.4. The smallest absolute Gasteiger partial charge is 0.328 e. The molecule has 1 aliphatic heterocycles. The van der Waals surface area contributed by atoms with Crippen LogP contribution in [0.3, 0.4) is 0 Å². The lowest BCUT2D eigenvalue weighted by molar-refractivity contribution is -0.140. The second-order valence-corrected chi connectivity index (χ2v) is 9.28. The van der Waals surface area contributed by atoms with Gasteiger partial charge >= 0.3 is 5.97 Å². The minimum absolute atomic E-state index is 0.510. The Labute approximate surface area is 210 Å². The number of fused-ring (bicyclic) bond motifs is 2. The number of carboxylic acid groups (broad SMARTS) is 1. The van der Waals surface area contributed by atoms with Crippen molar-refractivity contribution in [3.05, 3.63) is 59.6 Å². The molecule has 35 heavy (non-hydrogen) atoms. The number of hydrogen-bond acceptors (Lipinski definition) is 8. The summed E-state index contributed by atoms with van der Waals surface area (Å²) >= 11 is 8.07. The van der Waals surface area contributed by atoms with Gasteiger partial charge in [-0.1, -0.05) is 29.8 Å². The molecule has 8 nitrogen and oxygen atoms in total. The average Bonchev–Trinajstić information content (AvgIpc) is 3.25. The first kappa shape index (κ1) is 23.2. The lowest BCUT2D eigenvalue weighted by Crippen LogP contribution is -2.38. The lowest BCUT2D eigenvalue weighted by Gasteiger charge is -2.19. The molecule has 2 heterocycles. The molecule has 1 aliphatic rings. The van der Waals surface area contributed by atoms with Crippen LogP contribution in [-0.4, -0.2) is 45.9 Å². The van der Waals surface area contributed by atoms with Gasteiger partial charge < -0.3 is 30.3 Å². The Kier molecular flexibility index (Phi) is 6.38. The molecule has 0 amide bonds. The van der Waals surface area contributed by atoms with Crippen LogP contribution in [0, 0.1) is 0 Å². The van der Waals surface area contributed by atoms with Gasteiger partial charge in [-0.3, -0.25) is 0 Å². The number of aliphatic carboxylic acids is 1. The molecule has 0 aliphatic carbocycles. The van der Waals surface area contributed by atoms with Crippen LogP contribution in [0.1, 0.15) is 6.92 Å². The first-order valence-corrected chi connectivity index (χ1v) is 12.1. The summed E-state index contributed by atoms with van der Waals surface area (Å²) in [7, 11) is 0. The summed E-state index contributed by atoms with van der Waals surface area (Å²) in [6.45, 7) is 2.48. The van der Waals surface area contributed by atoms with Gasteiger partial charge in [0.15, 0.2) is 23.4 Å². The van der Waals surface area contributed by atoms with Gasteiger partial charge in [0.1, 0.15) is 13.2 Å². The second-order valence-electron chi connectivity index (χ2n) is 8.09. The number of rotatable bonds is 7. The zero-order valence-electron chi connectivity index (χ0n) is 18.6. The molecule has 4 N–H and O–H groups in total. The number of aliphatic hydroxyl groups excluding tert-OH is 1. The summed E-state index contributed by atoms with van der Waals surface area (Å²) in [4.78, 5) is 11.4. The van der Waals surface area contributed by atoms with E-state index in [9.17, 15) is 15.0 Å². The highest BCUT2D eigenvalue weighted by Crippen LogP contribution is 2.40. The van der Waals surface area contributed by atoms with E-state index in [1.807, 2.05) is 48.5 Å². The number of ether oxygens (including phenoxy) is 2. The van der Waals surface area contributed by atoms with E-state index >= 15 is 0 Å². The number of anilines is 3. The van der Waals surface area contributed by atoms with Gasteiger partial charge in [0.2, 0.25) is 0 Å². The molecule has 0 spiro atoms. The lowest BCUT2D eigenvalue weighted by atomic mass is 10.0. The van der Waals surface area contributed by atoms with Gasteiger partial charge in [-0.15, -0.1) is 0 Å². The van der Waals surface area contributed by atoms with E-state index in [1.165, 1.54) is 18.5 Å². The molecule has 2 atom stereocenters. The van der Waals surface area contributed by atoms with Crippen LogP contribution in [0.2, 0.25) is 5.02 Å². The monoisotopic (exact) mass is 511 g/mol. The Balaban J connectivity index is 1.41. The Morgan fingerprint density at radius 1 is 1.11 bits per heavy atom. The number of nitrogens with one attached hydrogen (secondary N) is 2. The zero-order valence-corrected chi connectivity index (χ0v) is 20.2. The van der Waals surface area contributed by atoms with Crippen molar-refractivity contribution in [1.82, 2.24) is 4.37 Å². The van der Waals surface area contributed by atoms with E-state index in [1.54, 1.807) is 6.07 Å². The molecule has 0 radical (unpaired) electrons. The molecule has 180 valence electrons. The summed E-state index contributed by atoms with van der Waals surface area (Å²) in [6, 6.07) is 15.8. The van der Waals surface area contributed by atoms with Gasteiger partial charge in [0.05, 0.1) is 21.5 Å². The fourth-order valence-corrected chi connectivity index (χ4v) is 4.93. The van der Waals surface area contributed by atoms with Crippen LogP contribution in [0.25, 0.3) is 21.2 Å². The first-order chi connectivity index (χ1) is 16.9. The Morgan fingerprint density at radius 3 is 2.69 bits per heavy atom.